The smallest absolute Gasteiger partial charge is 0.246 e. The Kier molecular flexibility index (Phi) is 5.77. The van der Waals surface area contributed by atoms with Gasteiger partial charge in [-0.2, -0.15) is 0 Å². The van der Waals surface area contributed by atoms with Crippen molar-refractivity contribution in [1.82, 2.24) is 5.32 Å². The maximum Gasteiger partial charge on any atom is 0.246 e. The molecule has 4 rings (SSSR count). The molecule has 3 heteroatoms. The van der Waals surface area contributed by atoms with Crippen molar-refractivity contribution >= 4 is 11.6 Å². The number of carbonyl (C=O) groups is 1. The first-order chi connectivity index (χ1) is 14.1. The van der Waals surface area contributed by atoms with Crippen LogP contribution in [0.25, 0.3) is 0 Å². The highest BCUT2D eigenvalue weighted by Crippen LogP contribution is 2.32. The van der Waals surface area contributed by atoms with Gasteiger partial charge in [0.2, 0.25) is 5.91 Å². The maximum absolute atomic E-state index is 13.4. The number of hydrogen-bond acceptors (Lipinski definition) is 2. The van der Waals surface area contributed by atoms with Crippen LogP contribution in [0.15, 0.2) is 72.8 Å². The zero-order chi connectivity index (χ0) is 20.2. The average Bonchev–Trinajstić information content (AvgIpc) is 2.75. The van der Waals surface area contributed by atoms with Gasteiger partial charge in [0.25, 0.3) is 0 Å². The fourth-order valence-electron chi connectivity index (χ4n) is 4.17. The standard InChI is InChI=1S/C26H28N2O/c1-18-15-16-19(2)24(17-18)28-26(29)25(21-10-4-3-5-11-21)27-23-14-8-12-20-9-6-7-13-22(20)23/h3-7,9-11,13,15-17,23,25,27H,8,12,14H2,1-2H3,(H,28,29)/t23-,25+/m0/s1. The Morgan fingerprint density at radius 3 is 2.55 bits per heavy atom. The summed E-state index contributed by atoms with van der Waals surface area (Å²) in [6.07, 6.45) is 3.28. The SMILES string of the molecule is Cc1ccc(C)c(NC(=O)[C@H](N[C@H]2CCCc3ccccc32)c2ccccc2)c1. The van der Waals surface area contributed by atoms with Gasteiger partial charge < -0.3 is 5.32 Å². The van der Waals surface area contributed by atoms with Crippen LogP contribution in [0.3, 0.4) is 0 Å². The largest absolute Gasteiger partial charge is 0.324 e. The summed E-state index contributed by atoms with van der Waals surface area (Å²) >= 11 is 0. The summed E-state index contributed by atoms with van der Waals surface area (Å²) in [5.74, 6) is -0.0204. The van der Waals surface area contributed by atoms with Crippen LogP contribution in [0.5, 0.6) is 0 Å². The molecule has 1 amide bonds. The van der Waals surface area contributed by atoms with Gasteiger partial charge in [0.15, 0.2) is 0 Å². The highest BCUT2D eigenvalue weighted by Gasteiger charge is 2.27. The van der Waals surface area contributed by atoms with Gasteiger partial charge in [0.1, 0.15) is 6.04 Å². The van der Waals surface area contributed by atoms with E-state index in [2.05, 4.69) is 41.0 Å². The van der Waals surface area contributed by atoms with E-state index in [1.54, 1.807) is 0 Å². The van der Waals surface area contributed by atoms with Gasteiger partial charge in [0, 0.05) is 11.7 Å². The highest BCUT2D eigenvalue weighted by molar-refractivity contribution is 5.96. The predicted molar refractivity (Wildman–Crippen MR) is 119 cm³/mol. The van der Waals surface area contributed by atoms with Crippen molar-refractivity contribution in [3.05, 3.63) is 101 Å². The van der Waals surface area contributed by atoms with E-state index < -0.39 is 6.04 Å². The second-order valence-electron chi connectivity index (χ2n) is 7.96. The second-order valence-corrected chi connectivity index (χ2v) is 7.96. The van der Waals surface area contributed by atoms with E-state index in [1.165, 1.54) is 11.1 Å². The van der Waals surface area contributed by atoms with Crippen molar-refractivity contribution in [2.24, 2.45) is 0 Å². The molecule has 0 fully saturated rings. The molecule has 2 N–H and O–H groups in total. The van der Waals surface area contributed by atoms with Gasteiger partial charge in [-0.05, 0) is 67.0 Å². The molecule has 0 saturated heterocycles. The summed E-state index contributed by atoms with van der Waals surface area (Å²) in [6.45, 7) is 4.07. The minimum atomic E-state index is -0.410. The van der Waals surface area contributed by atoms with Crippen molar-refractivity contribution in [3.63, 3.8) is 0 Å². The summed E-state index contributed by atoms with van der Waals surface area (Å²) in [6, 6.07) is 24.5. The minimum absolute atomic E-state index is 0.0204. The molecule has 3 aromatic rings. The fourth-order valence-corrected chi connectivity index (χ4v) is 4.17. The van der Waals surface area contributed by atoms with Crippen LogP contribution in [0.2, 0.25) is 0 Å². The Hall–Kier alpha value is -2.91. The first-order valence-electron chi connectivity index (χ1n) is 10.4. The lowest BCUT2D eigenvalue weighted by Gasteiger charge is -2.30. The second kappa shape index (κ2) is 8.62. The number of carbonyl (C=O) groups excluding carboxylic acids is 1. The Morgan fingerprint density at radius 2 is 1.72 bits per heavy atom. The molecule has 0 radical (unpaired) electrons. The van der Waals surface area contributed by atoms with E-state index in [1.807, 2.05) is 56.3 Å². The summed E-state index contributed by atoms with van der Waals surface area (Å²) in [4.78, 5) is 13.4. The zero-order valence-corrected chi connectivity index (χ0v) is 17.1. The zero-order valence-electron chi connectivity index (χ0n) is 17.1. The molecule has 148 valence electrons. The number of amides is 1. The fraction of sp³-hybridized carbons (Fsp3) is 0.269. The van der Waals surface area contributed by atoms with Gasteiger partial charge in [0.05, 0.1) is 0 Å². The first kappa shape index (κ1) is 19.4. The summed E-state index contributed by atoms with van der Waals surface area (Å²) in [7, 11) is 0. The van der Waals surface area contributed by atoms with E-state index >= 15 is 0 Å². The van der Waals surface area contributed by atoms with Crippen LogP contribution in [-0.4, -0.2) is 5.91 Å². The van der Waals surface area contributed by atoms with Crippen LogP contribution >= 0.6 is 0 Å². The van der Waals surface area contributed by atoms with E-state index in [4.69, 9.17) is 0 Å². The lowest BCUT2D eigenvalue weighted by Crippen LogP contribution is -2.37. The molecular weight excluding hydrogens is 356 g/mol. The Labute approximate surface area is 173 Å². The lowest BCUT2D eigenvalue weighted by atomic mass is 9.87. The molecule has 0 heterocycles. The summed E-state index contributed by atoms with van der Waals surface area (Å²) < 4.78 is 0. The number of hydrogen-bond donors (Lipinski definition) is 2. The van der Waals surface area contributed by atoms with Gasteiger partial charge in [-0.25, -0.2) is 0 Å². The van der Waals surface area contributed by atoms with Crippen LogP contribution in [0.1, 0.15) is 52.7 Å². The molecule has 1 aliphatic carbocycles. The van der Waals surface area contributed by atoms with E-state index in [0.717, 1.165) is 41.6 Å². The van der Waals surface area contributed by atoms with Crippen molar-refractivity contribution in [3.8, 4) is 0 Å². The molecular formula is C26H28N2O. The minimum Gasteiger partial charge on any atom is -0.324 e. The van der Waals surface area contributed by atoms with Crippen LogP contribution < -0.4 is 10.6 Å². The van der Waals surface area contributed by atoms with E-state index in [9.17, 15) is 4.79 Å². The first-order valence-corrected chi connectivity index (χ1v) is 10.4. The molecule has 0 saturated carbocycles. The monoisotopic (exact) mass is 384 g/mol. The average molecular weight is 385 g/mol. The normalized spacial score (nSPS) is 16.7. The number of nitrogens with one attached hydrogen (secondary N) is 2. The van der Waals surface area contributed by atoms with Gasteiger partial charge in [-0.1, -0.05) is 66.7 Å². The number of anilines is 1. The van der Waals surface area contributed by atoms with Gasteiger partial charge >= 0.3 is 0 Å². The molecule has 3 aromatic carbocycles. The molecule has 1 aliphatic rings. The third-order valence-electron chi connectivity index (χ3n) is 5.78. The number of aryl methyl sites for hydroxylation is 3. The van der Waals surface area contributed by atoms with Crippen molar-refractivity contribution in [1.29, 1.82) is 0 Å². The molecule has 2 atom stereocenters. The molecule has 0 aromatic heterocycles. The van der Waals surface area contributed by atoms with Gasteiger partial charge in [-0.15, -0.1) is 0 Å². The number of rotatable bonds is 5. The topological polar surface area (TPSA) is 41.1 Å². The third-order valence-corrected chi connectivity index (χ3v) is 5.78. The molecule has 3 nitrogen and oxygen atoms in total. The van der Waals surface area contributed by atoms with Crippen LogP contribution in [0, 0.1) is 13.8 Å². The van der Waals surface area contributed by atoms with Crippen LogP contribution in [0.4, 0.5) is 5.69 Å². The summed E-state index contributed by atoms with van der Waals surface area (Å²) in [5.41, 5.74) is 6.77. The highest BCUT2D eigenvalue weighted by atomic mass is 16.2. The Bertz CT molecular complexity index is 997. The van der Waals surface area contributed by atoms with Crippen molar-refractivity contribution in [2.45, 2.75) is 45.2 Å². The molecule has 0 aliphatic heterocycles. The van der Waals surface area contributed by atoms with Crippen molar-refractivity contribution < 1.29 is 4.79 Å². The maximum atomic E-state index is 13.4. The molecule has 0 spiro atoms. The Balaban J connectivity index is 1.63. The van der Waals surface area contributed by atoms with E-state index in [-0.39, 0.29) is 11.9 Å². The van der Waals surface area contributed by atoms with E-state index in [0.29, 0.717) is 0 Å². The molecule has 0 bridgehead atoms. The van der Waals surface area contributed by atoms with Crippen molar-refractivity contribution in [2.75, 3.05) is 5.32 Å². The number of benzene rings is 3. The third kappa shape index (κ3) is 4.41. The van der Waals surface area contributed by atoms with Gasteiger partial charge in [-0.3, -0.25) is 10.1 Å². The molecule has 0 unspecified atom stereocenters. The Morgan fingerprint density at radius 1 is 0.966 bits per heavy atom. The predicted octanol–water partition coefficient (Wildman–Crippen LogP) is 5.65. The quantitative estimate of drug-likeness (QED) is 0.597. The summed E-state index contributed by atoms with van der Waals surface area (Å²) in [5, 5.41) is 6.83. The van der Waals surface area contributed by atoms with Crippen LogP contribution in [-0.2, 0) is 11.2 Å². The molecule has 29 heavy (non-hydrogen) atoms. The number of fused-ring (bicyclic) bond motifs is 1. The lowest BCUT2D eigenvalue weighted by molar-refractivity contribution is -0.118.